The van der Waals surface area contributed by atoms with Gasteiger partial charge in [-0.05, 0) is 58.1 Å². The molecule has 140 valence electrons. The van der Waals surface area contributed by atoms with Crippen LogP contribution < -0.4 is 0 Å². The van der Waals surface area contributed by atoms with Crippen LogP contribution >= 0.6 is 0 Å². The molecule has 1 spiro atoms. The van der Waals surface area contributed by atoms with Crippen LogP contribution in [0.1, 0.15) is 58.0 Å². The fraction of sp³-hybridized carbons (Fsp3) is 0.500. The first kappa shape index (κ1) is 16.5. The van der Waals surface area contributed by atoms with Crippen molar-refractivity contribution in [3.8, 4) is 0 Å². The molecule has 1 N–H and O–H groups in total. The number of hydrogen-bond acceptors (Lipinski definition) is 4. The van der Waals surface area contributed by atoms with Crippen molar-refractivity contribution in [3.63, 3.8) is 0 Å². The standard InChI is InChI=1S/C20H24N6O/c1-12-9-13(2)26-18(22-12)16(14(3)24-26)19(27)25-8-4-6-20(11-25)7-5-15-10-21-23-17(15)20/h9-10H,4-8,11H2,1-3H3,(H,21,23). The Morgan fingerprint density at radius 2 is 2.11 bits per heavy atom. The highest BCUT2D eigenvalue weighted by molar-refractivity contribution is 6.01. The lowest BCUT2D eigenvalue weighted by Crippen LogP contribution is -2.48. The van der Waals surface area contributed by atoms with Gasteiger partial charge in [-0.3, -0.25) is 9.89 Å². The van der Waals surface area contributed by atoms with Gasteiger partial charge >= 0.3 is 0 Å². The molecule has 7 nitrogen and oxygen atoms in total. The topological polar surface area (TPSA) is 79.2 Å². The molecule has 4 heterocycles. The minimum atomic E-state index is 0.0237. The van der Waals surface area contributed by atoms with E-state index in [1.807, 2.05) is 37.9 Å². The van der Waals surface area contributed by atoms with Crippen LogP contribution in [-0.4, -0.2) is 48.7 Å². The van der Waals surface area contributed by atoms with E-state index in [4.69, 9.17) is 0 Å². The van der Waals surface area contributed by atoms with Gasteiger partial charge in [0.05, 0.1) is 11.9 Å². The number of nitrogens with zero attached hydrogens (tertiary/aromatic N) is 5. The number of fused-ring (bicyclic) bond motifs is 3. The van der Waals surface area contributed by atoms with Gasteiger partial charge in [0.15, 0.2) is 5.65 Å². The van der Waals surface area contributed by atoms with E-state index in [2.05, 4.69) is 20.3 Å². The summed E-state index contributed by atoms with van der Waals surface area (Å²) in [6.07, 6.45) is 6.19. The predicted molar refractivity (Wildman–Crippen MR) is 101 cm³/mol. The van der Waals surface area contributed by atoms with Gasteiger partial charge in [-0.15, -0.1) is 0 Å². The molecule has 1 aliphatic carbocycles. The number of rotatable bonds is 1. The molecule has 0 radical (unpaired) electrons. The van der Waals surface area contributed by atoms with E-state index >= 15 is 0 Å². The van der Waals surface area contributed by atoms with Crippen LogP contribution in [0, 0.1) is 20.8 Å². The first-order valence-corrected chi connectivity index (χ1v) is 9.64. The van der Waals surface area contributed by atoms with Crippen LogP contribution in [0.3, 0.4) is 0 Å². The SMILES string of the molecule is Cc1cc(C)n2nc(C)c(C(=O)N3CCCC4(CCc5cn[nH]c54)C3)c2n1. The summed E-state index contributed by atoms with van der Waals surface area (Å²) >= 11 is 0. The Bertz CT molecular complexity index is 1060. The highest BCUT2D eigenvalue weighted by atomic mass is 16.2. The van der Waals surface area contributed by atoms with E-state index in [0.717, 1.165) is 55.9 Å². The number of hydrogen-bond donors (Lipinski definition) is 1. The van der Waals surface area contributed by atoms with Gasteiger partial charge in [-0.2, -0.15) is 10.2 Å². The van der Waals surface area contributed by atoms with Crippen LogP contribution in [-0.2, 0) is 11.8 Å². The first-order chi connectivity index (χ1) is 13.0. The number of aromatic amines is 1. The highest BCUT2D eigenvalue weighted by Crippen LogP contribution is 2.44. The number of likely N-dealkylation sites (tertiary alicyclic amines) is 1. The van der Waals surface area contributed by atoms with Crippen molar-refractivity contribution < 1.29 is 4.79 Å². The second-order valence-electron chi connectivity index (χ2n) is 8.12. The molecule has 3 aromatic heterocycles. The number of aromatic nitrogens is 5. The summed E-state index contributed by atoms with van der Waals surface area (Å²) in [5.74, 6) is 0.0482. The van der Waals surface area contributed by atoms with E-state index in [1.54, 1.807) is 4.52 Å². The molecule has 0 aromatic carbocycles. The van der Waals surface area contributed by atoms with Crippen LogP contribution in [0.5, 0.6) is 0 Å². The van der Waals surface area contributed by atoms with E-state index in [-0.39, 0.29) is 11.3 Å². The average molecular weight is 364 g/mol. The van der Waals surface area contributed by atoms with E-state index < -0.39 is 0 Å². The molecule has 3 aromatic rings. The van der Waals surface area contributed by atoms with Gasteiger partial charge in [0.1, 0.15) is 5.56 Å². The smallest absolute Gasteiger partial charge is 0.259 e. The van der Waals surface area contributed by atoms with Gasteiger partial charge in [-0.25, -0.2) is 9.50 Å². The molecule has 7 heteroatoms. The lowest BCUT2D eigenvalue weighted by Gasteiger charge is -2.40. The number of piperidine rings is 1. The zero-order valence-electron chi connectivity index (χ0n) is 16.0. The van der Waals surface area contributed by atoms with Crippen molar-refractivity contribution in [1.82, 2.24) is 29.7 Å². The second kappa shape index (κ2) is 5.65. The maximum Gasteiger partial charge on any atom is 0.259 e. The van der Waals surface area contributed by atoms with Gasteiger partial charge in [0, 0.05) is 35.6 Å². The van der Waals surface area contributed by atoms with Crippen LogP contribution in [0.25, 0.3) is 5.65 Å². The summed E-state index contributed by atoms with van der Waals surface area (Å²) in [6, 6.07) is 1.99. The van der Waals surface area contributed by atoms with E-state index in [0.29, 0.717) is 11.2 Å². The van der Waals surface area contributed by atoms with Crippen LogP contribution in [0.4, 0.5) is 0 Å². The largest absolute Gasteiger partial charge is 0.338 e. The van der Waals surface area contributed by atoms with Crippen molar-refractivity contribution in [2.24, 2.45) is 0 Å². The number of carbonyl (C=O) groups is 1. The fourth-order valence-electron chi connectivity index (χ4n) is 5.01. The third kappa shape index (κ3) is 2.33. The van der Waals surface area contributed by atoms with Crippen LogP contribution in [0.2, 0.25) is 0 Å². The Morgan fingerprint density at radius 1 is 1.26 bits per heavy atom. The Labute approximate surface area is 157 Å². The van der Waals surface area contributed by atoms with Crippen molar-refractivity contribution in [1.29, 1.82) is 0 Å². The average Bonchev–Trinajstić information content (AvgIpc) is 3.31. The zero-order chi connectivity index (χ0) is 18.8. The molecule has 1 fully saturated rings. The maximum atomic E-state index is 13.5. The molecule has 0 saturated carbocycles. The molecule has 2 aliphatic rings. The number of H-pyrrole nitrogens is 1. The summed E-state index contributed by atoms with van der Waals surface area (Å²) in [7, 11) is 0. The van der Waals surface area contributed by atoms with Crippen molar-refractivity contribution in [3.05, 3.63) is 46.2 Å². The number of carbonyl (C=O) groups excluding carboxylic acids is 1. The van der Waals surface area contributed by atoms with E-state index in [1.165, 1.54) is 11.3 Å². The Kier molecular flexibility index (Phi) is 3.44. The van der Waals surface area contributed by atoms with Crippen LogP contribution in [0.15, 0.2) is 12.3 Å². The first-order valence-electron chi connectivity index (χ1n) is 9.64. The maximum absolute atomic E-state index is 13.5. The molecule has 5 rings (SSSR count). The normalized spacial score (nSPS) is 22.0. The molecule has 1 atom stereocenters. The van der Waals surface area contributed by atoms with Gasteiger partial charge in [-0.1, -0.05) is 0 Å². The lowest BCUT2D eigenvalue weighted by atomic mass is 9.77. The Balaban J connectivity index is 1.54. The molecule has 0 bridgehead atoms. The number of amides is 1. The number of nitrogens with one attached hydrogen (secondary N) is 1. The summed E-state index contributed by atoms with van der Waals surface area (Å²) in [5, 5.41) is 12.0. The Hall–Kier alpha value is -2.70. The molecular weight excluding hydrogens is 340 g/mol. The molecule has 27 heavy (non-hydrogen) atoms. The van der Waals surface area contributed by atoms with Gasteiger partial charge in [0.25, 0.3) is 5.91 Å². The molecule has 1 amide bonds. The lowest BCUT2D eigenvalue weighted by molar-refractivity contribution is 0.0634. The van der Waals surface area contributed by atoms with Gasteiger partial charge < -0.3 is 4.90 Å². The summed E-state index contributed by atoms with van der Waals surface area (Å²) in [6.45, 7) is 7.38. The minimum absolute atomic E-state index is 0.0237. The Morgan fingerprint density at radius 3 is 2.96 bits per heavy atom. The van der Waals surface area contributed by atoms with Crippen molar-refractivity contribution >= 4 is 11.6 Å². The molecule has 1 unspecified atom stereocenters. The predicted octanol–water partition coefficient (Wildman–Crippen LogP) is 2.50. The minimum Gasteiger partial charge on any atom is -0.338 e. The van der Waals surface area contributed by atoms with Crippen molar-refractivity contribution in [2.45, 2.75) is 51.9 Å². The molecule has 1 aliphatic heterocycles. The van der Waals surface area contributed by atoms with E-state index in [9.17, 15) is 4.79 Å². The van der Waals surface area contributed by atoms with Crippen molar-refractivity contribution in [2.75, 3.05) is 13.1 Å². The third-order valence-electron chi connectivity index (χ3n) is 6.27. The van der Waals surface area contributed by atoms with Gasteiger partial charge in [0.2, 0.25) is 0 Å². The molecule has 1 saturated heterocycles. The zero-order valence-corrected chi connectivity index (χ0v) is 16.0. The third-order valence-corrected chi connectivity index (χ3v) is 6.27. The summed E-state index contributed by atoms with van der Waals surface area (Å²) in [5.41, 5.74) is 6.52. The summed E-state index contributed by atoms with van der Waals surface area (Å²) in [4.78, 5) is 20.1. The quantitative estimate of drug-likeness (QED) is 0.719. The second-order valence-corrected chi connectivity index (χ2v) is 8.12. The summed E-state index contributed by atoms with van der Waals surface area (Å²) < 4.78 is 1.79. The molecular formula is C20H24N6O. The monoisotopic (exact) mass is 364 g/mol. The fourth-order valence-corrected chi connectivity index (χ4v) is 5.01. The number of aryl methyl sites for hydroxylation is 4. The highest BCUT2D eigenvalue weighted by Gasteiger charge is 2.45.